The van der Waals surface area contributed by atoms with Crippen molar-refractivity contribution >= 4 is 52.0 Å². The molecule has 0 bridgehead atoms. The zero-order valence-electron chi connectivity index (χ0n) is 17.8. The summed E-state index contributed by atoms with van der Waals surface area (Å²) in [7, 11) is 0. The lowest BCUT2D eigenvalue weighted by Gasteiger charge is -2.40. The number of carbonyl (C=O) groups is 1. The molecule has 0 aromatic heterocycles. The second-order valence-corrected chi connectivity index (χ2v) is 8.94. The molecule has 0 saturated carbocycles. The second-order valence-electron chi connectivity index (χ2n) is 8.07. The van der Waals surface area contributed by atoms with E-state index in [4.69, 9.17) is 28.3 Å². The number of hydrogen-bond acceptors (Lipinski definition) is 4. The Balaban J connectivity index is 1.71. The lowest BCUT2D eigenvalue weighted by Crippen LogP contribution is -2.58. The SMILES string of the molecule is O=C1Nc2ccc(Cl)cc2C12N(c1ccccc1)N=C(c1ccccc1)N2c1cccc(Cl)c1. The Morgan fingerprint density at radius 3 is 2.15 bits per heavy atom. The number of hydrogen-bond donors (Lipinski definition) is 1. The predicted molar refractivity (Wildman–Crippen MR) is 138 cm³/mol. The molecule has 0 saturated heterocycles. The van der Waals surface area contributed by atoms with Crippen molar-refractivity contribution in [2.45, 2.75) is 5.66 Å². The van der Waals surface area contributed by atoms with Crippen LogP contribution in [0.1, 0.15) is 11.1 Å². The standard InChI is InChI=1S/C27H18Cl2N4O/c28-19-10-7-13-22(16-19)32-25(18-8-3-1-4-9-18)31-33(21-11-5-2-6-12-21)27(32)23-17-20(29)14-15-24(23)30-26(27)34/h1-17H,(H,30,34). The van der Waals surface area contributed by atoms with Gasteiger partial charge < -0.3 is 5.32 Å². The zero-order valence-corrected chi connectivity index (χ0v) is 19.3. The van der Waals surface area contributed by atoms with Crippen molar-refractivity contribution in [1.82, 2.24) is 0 Å². The number of para-hydroxylation sites is 1. The van der Waals surface area contributed by atoms with Crippen LogP contribution in [-0.2, 0) is 10.5 Å². The van der Waals surface area contributed by atoms with Crippen LogP contribution in [0.5, 0.6) is 0 Å². The summed E-state index contributed by atoms with van der Waals surface area (Å²) in [6, 6.07) is 32.3. The molecule has 1 spiro atoms. The molecular formula is C27H18Cl2N4O. The summed E-state index contributed by atoms with van der Waals surface area (Å²) in [5.41, 5.74) is 2.41. The summed E-state index contributed by atoms with van der Waals surface area (Å²) in [6.45, 7) is 0. The van der Waals surface area contributed by atoms with Gasteiger partial charge in [0.2, 0.25) is 5.66 Å². The van der Waals surface area contributed by atoms with E-state index >= 15 is 0 Å². The molecule has 7 heteroatoms. The zero-order chi connectivity index (χ0) is 23.3. The molecule has 166 valence electrons. The van der Waals surface area contributed by atoms with E-state index in [1.165, 1.54) is 0 Å². The first-order chi connectivity index (χ1) is 16.6. The molecule has 1 N–H and O–H groups in total. The average molecular weight is 485 g/mol. The quantitative estimate of drug-likeness (QED) is 0.361. The van der Waals surface area contributed by atoms with Gasteiger partial charge in [-0.3, -0.25) is 9.69 Å². The van der Waals surface area contributed by atoms with Gasteiger partial charge in [-0.15, -0.1) is 0 Å². The molecule has 5 nitrogen and oxygen atoms in total. The third-order valence-electron chi connectivity index (χ3n) is 6.06. The lowest BCUT2D eigenvalue weighted by molar-refractivity contribution is -0.120. The van der Waals surface area contributed by atoms with Gasteiger partial charge in [0.1, 0.15) is 0 Å². The van der Waals surface area contributed by atoms with Crippen LogP contribution in [0.4, 0.5) is 17.1 Å². The highest BCUT2D eigenvalue weighted by atomic mass is 35.5. The highest BCUT2D eigenvalue weighted by Gasteiger charge is 2.61. The van der Waals surface area contributed by atoms with Gasteiger partial charge in [0.25, 0.3) is 5.91 Å². The fraction of sp³-hybridized carbons (Fsp3) is 0.0370. The monoisotopic (exact) mass is 484 g/mol. The van der Waals surface area contributed by atoms with E-state index in [1.807, 2.05) is 102 Å². The van der Waals surface area contributed by atoms with Crippen LogP contribution in [0.2, 0.25) is 10.0 Å². The van der Waals surface area contributed by atoms with Crippen LogP contribution in [0.15, 0.2) is 108 Å². The van der Waals surface area contributed by atoms with E-state index in [9.17, 15) is 4.79 Å². The van der Waals surface area contributed by atoms with E-state index in [0.717, 1.165) is 16.9 Å². The minimum atomic E-state index is -1.35. The van der Waals surface area contributed by atoms with Crippen molar-refractivity contribution in [1.29, 1.82) is 0 Å². The summed E-state index contributed by atoms with van der Waals surface area (Å²) < 4.78 is 0. The fourth-order valence-corrected chi connectivity index (χ4v) is 5.01. The van der Waals surface area contributed by atoms with E-state index in [1.54, 1.807) is 11.1 Å². The Hall–Kier alpha value is -3.80. The number of anilines is 3. The third-order valence-corrected chi connectivity index (χ3v) is 6.53. The number of hydrazone groups is 1. The maximum atomic E-state index is 14.1. The number of amides is 1. The van der Waals surface area contributed by atoms with E-state index in [-0.39, 0.29) is 5.91 Å². The molecule has 1 unspecified atom stereocenters. The Morgan fingerprint density at radius 2 is 1.41 bits per heavy atom. The topological polar surface area (TPSA) is 47.9 Å². The van der Waals surface area contributed by atoms with Crippen LogP contribution < -0.4 is 15.2 Å². The van der Waals surface area contributed by atoms with Crippen LogP contribution in [0.25, 0.3) is 0 Å². The average Bonchev–Trinajstić information content (AvgIpc) is 3.36. The molecule has 1 atom stereocenters. The van der Waals surface area contributed by atoms with Gasteiger partial charge in [-0.2, -0.15) is 5.10 Å². The van der Waals surface area contributed by atoms with Crippen molar-refractivity contribution in [3.05, 3.63) is 124 Å². The number of benzene rings is 4. The van der Waals surface area contributed by atoms with Gasteiger partial charge in [-0.05, 0) is 48.5 Å². The number of nitrogens with one attached hydrogen (secondary N) is 1. The Bertz CT molecular complexity index is 1440. The van der Waals surface area contributed by atoms with Crippen LogP contribution in [0.3, 0.4) is 0 Å². The van der Waals surface area contributed by atoms with Crippen molar-refractivity contribution in [2.24, 2.45) is 5.10 Å². The number of carbonyl (C=O) groups excluding carboxylic acids is 1. The molecule has 2 aliphatic heterocycles. The largest absolute Gasteiger partial charge is 0.322 e. The molecule has 1 amide bonds. The lowest BCUT2D eigenvalue weighted by atomic mass is 9.95. The summed E-state index contributed by atoms with van der Waals surface area (Å²) in [5, 5.41) is 11.0. The van der Waals surface area contributed by atoms with E-state index in [2.05, 4.69) is 5.32 Å². The molecule has 0 fully saturated rings. The Morgan fingerprint density at radius 1 is 0.735 bits per heavy atom. The third kappa shape index (κ3) is 3.01. The summed E-state index contributed by atoms with van der Waals surface area (Å²) in [5.74, 6) is 0.387. The first kappa shape index (κ1) is 20.8. The van der Waals surface area contributed by atoms with Crippen LogP contribution >= 0.6 is 23.2 Å². The second kappa shape index (κ2) is 7.90. The number of nitrogens with zero attached hydrogens (tertiary/aromatic N) is 3. The van der Waals surface area contributed by atoms with Gasteiger partial charge in [-0.1, -0.05) is 77.8 Å². The molecule has 6 rings (SSSR count). The Labute approximate surface area is 206 Å². The van der Waals surface area contributed by atoms with E-state index in [0.29, 0.717) is 27.1 Å². The molecule has 4 aromatic carbocycles. The normalized spacial score (nSPS) is 18.8. The van der Waals surface area contributed by atoms with Crippen molar-refractivity contribution < 1.29 is 4.79 Å². The summed E-state index contributed by atoms with van der Waals surface area (Å²) >= 11 is 12.9. The maximum Gasteiger partial charge on any atom is 0.278 e. The summed E-state index contributed by atoms with van der Waals surface area (Å²) in [4.78, 5) is 16.0. The molecule has 0 aliphatic carbocycles. The number of halogens is 2. The number of fused-ring (bicyclic) bond motifs is 2. The van der Waals surface area contributed by atoms with Crippen LogP contribution in [0, 0.1) is 0 Å². The van der Waals surface area contributed by atoms with Crippen molar-refractivity contribution in [3.8, 4) is 0 Å². The molecule has 0 radical (unpaired) electrons. The minimum Gasteiger partial charge on any atom is -0.322 e. The number of rotatable bonds is 3. The molecule has 34 heavy (non-hydrogen) atoms. The maximum absolute atomic E-state index is 14.1. The smallest absolute Gasteiger partial charge is 0.278 e. The highest BCUT2D eigenvalue weighted by Crippen LogP contribution is 2.51. The first-order valence-corrected chi connectivity index (χ1v) is 11.5. The molecular weight excluding hydrogens is 467 g/mol. The molecule has 2 heterocycles. The van der Waals surface area contributed by atoms with Gasteiger partial charge in [0.15, 0.2) is 5.84 Å². The Kier molecular flexibility index (Phi) is 4.83. The summed E-state index contributed by atoms with van der Waals surface area (Å²) in [6.07, 6.45) is 0. The van der Waals surface area contributed by atoms with Gasteiger partial charge >= 0.3 is 0 Å². The van der Waals surface area contributed by atoms with Crippen LogP contribution in [-0.4, -0.2) is 11.7 Å². The van der Waals surface area contributed by atoms with E-state index < -0.39 is 5.66 Å². The van der Waals surface area contributed by atoms with Gasteiger partial charge in [-0.25, -0.2) is 5.01 Å². The first-order valence-electron chi connectivity index (χ1n) is 10.8. The molecule has 4 aromatic rings. The minimum absolute atomic E-state index is 0.233. The van der Waals surface area contributed by atoms with Crippen molar-refractivity contribution in [2.75, 3.05) is 15.2 Å². The van der Waals surface area contributed by atoms with Crippen molar-refractivity contribution in [3.63, 3.8) is 0 Å². The highest BCUT2D eigenvalue weighted by molar-refractivity contribution is 6.32. The van der Waals surface area contributed by atoms with Gasteiger partial charge in [0.05, 0.1) is 5.69 Å². The fourth-order valence-electron chi connectivity index (χ4n) is 4.65. The molecule has 2 aliphatic rings. The number of amidine groups is 1. The predicted octanol–water partition coefficient (Wildman–Crippen LogP) is 6.49. The van der Waals surface area contributed by atoms with Gasteiger partial charge in [0, 0.05) is 32.5 Å².